The van der Waals surface area contributed by atoms with E-state index < -0.39 is 40.2 Å². The summed E-state index contributed by atoms with van der Waals surface area (Å²) >= 11 is 0. The second-order valence-electron chi connectivity index (χ2n) is 7.14. The molecule has 0 spiro atoms. The number of anilines is 1. The van der Waals surface area contributed by atoms with Gasteiger partial charge in [0.2, 0.25) is 5.91 Å². The maximum absolute atomic E-state index is 13.3. The maximum Gasteiger partial charge on any atom is 0.264 e. The van der Waals surface area contributed by atoms with E-state index in [1.54, 1.807) is 43.3 Å². The molecule has 1 unspecified atom stereocenters. The van der Waals surface area contributed by atoms with Crippen LogP contribution in [-0.2, 0) is 14.8 Å². The lowest BCUT2D eigenvalue weighted by Gasteiger charge is -2.25. The monoisotopic (exact) mass is 444 g/mol. The van der Waals surface area contributed by atoms with E-state index in [1.807, 2.05) is 6.92 Å². The van der Waals surface area contributed by atoms with Crippen molar-refractivity contribution < 1.29 is 22.0 Å². The Hall–Kier alpha value is -3.26. The van der Waals surface area contributed by atoms with E-state index in [4.69, 9.17) is 0 Å². The van der Waals surface area contributed by atoms with Crippen LogP contribution in [0.15, 0.2) is 77.7 Å². The minimum Gasteiger partial charge on any atom is -0.348 e. The number of aryl methyl sites for hydroxylation is 1. The molecule has 1 N–H and O–H groups in total. The van der Waals surface area contributed by atoms with Crippen LogP contribution in [0.5, 0.6) is 0 Å². The number of hydrogen-bond donors (Lipinski definition) is 1. The van der Waals surface area contributed by atoms with Crippen molar-refractivity contribution in [3.8, 4) is 0 Å². The Morgan fingerprint density at radius 2 is 1.42 bits per heavy atom. The third-order valence-corrected chi connectivity index (χ3v) is 6.55. The molecule has 3 rings (SSSR count). The number of nitrogens with zero attached hydrogens (tertiary/aromatic N) is 1. The Kier molecular flexibility index (Phi) is 6.70. The first kappa shape index (κ1) is 22.4. The van der Waals surface area contributed by atoms with Gasteiger partial charge in [-0.05, 0) is 67.9 Å². The quantitative estimate of drug-likeness (QED) is 0.589. The molecule has 8 heteroatoms. The molecule has 3 aromatic carbocycles. The summed E-state index contributed by atoms with van der Waals surface area (Å²) in [5, 5.41) is 2.73. The van der Waals surface area contributed by atoms with Crippen LogP contribution in [0, 0.1) is 18.6 Å². The Bertz CT molecular complexity index is 1150. The second kappa shape index (κ2) is 9.26. The summed E-state index contributed by atoms with van der Waals surface area (Å²) in [4.78, 5) is 12.6. The van der Waals surface area contributed by atoms with Crippen LogP contribution in [0.3, 0.4) is 0 Å². The van der Waals surface area contributed by atoms with Gasteiger partial charge in [0, 0.05) is 0 Å². The normalized spacial score (nSPS) is 12.3. The molecule has 1 atom stereocenters. The summed E-state index contributed by atoms with van der Waals surface area (Å²) in [7, 11) is -4.13. The number of rotatable bonds is 7. The molecule has 0 saturated heterocycles. The fourth-order valence-corrected chi connectivity index (χ4v) is 4.43. The summed E-state index contributed by atoms with van der Waals surface area (Å²) in [5.41, 5.74) is 1.91. The third kappa shape index (κ3) is 5.46. The largest absolute Gasteiger partial charge is 0.348 e. The van der Waals surface area contributed by atoms with Gasteiger partial charge < -0.3 is 5.32 Å². The minimum atomic E-state index is -4.13. The number of carbonyl (C=O) groups is 1. The van der Waals surface area contributed by atoms with Crippen molar-refractivity contribution in [2.45, 2.75) is 24.8 Å². The van der Waals surface area contributed by atoms with Crippen molar-refractivity contribution in [3.05, 3.63) is 95.6 Å². The van der Waals surface area contributed by atoms with Crippen molar-refractivity contribution >= 4 is 21.6 Å². The lowest BCUT2D eigenvalue weighted by Crippen LogP contribution is -2.41. The highest BCUT2D eigenvalue weighted by molar-refractivity contribution is 7.92. The van der Waals surface area contributed by atoms with Crippen molar-refractivity contribution in [1.29, 1.82) is 0 Å². The first-order chi connectivity index (χ1) is 14.7. The van der Waals surface area contributed by atoms with E-state index in [2.05, 4.69) is 5.32 Å². The zero-order chi connectivity index (χ0) is 22.6. The molecule has 0 heterocycles. The van der Waals surface area contributed by atoms with Crippen molar-refractivity contribution in [2.75, 3.05) is 10.8 Å². The summed E-state index contributed by atoms with van der Waals surface area (Å²) in [5.74, 6) is -1.49. The predicted molar refractivity (Wildman–Crippen MR) is 115 cm³/mol. The van der Waals surface area contributed by atoms with Gasteiger partial charge in [-0.1, -0.05) is 29.8 Å². The zero-order valence-electron chi connectivity index (χ0n) is 17.0. The summed E-state index contributed by atoms with van der Waals surface area (Å²) in [6.45, 7) is 3.10. The Balaban J connectivity index is 1.87. The molecule has 0 aliphatic carbocycles. The highest BCUT2D eigenvalue weighted by Gasteiger charge is 2.27. The molecular formula is C23H22F2N2O3S. The van der Waals surface area contributed by atoms with Crippen molar-refractivity contribution in [1.82, 2.24) is 5.32 Å². The third-order valence-electron chi connectivity index (χ3n) is 4.76. The van der Waals surface area contributed by atoms with E-state index in [9.17, 15) is 22.0 Å². The van der Waals surface area contributed by atoms with Gasteiger partial charge >= 0.3 is 0 Å². The molecule has 162 valence electrons. The predicted octanol–water partition coefficient (Wildman–Crippen LogP) is 4.35. The van der Waals surface area contributed by atoms with Crippen molar-refractivity contribution in [2.24, 2.45) is 0 Å². The van der Waals surface area contributed by atoms with Crippen molar-refractivity contribution in [3.63, 3.8) is 0 Å². The molecule has 0 saturated carbocycles. The average Bonchev–Trinajstić information content (AvgIpc) is 2.73. The first-order valence-electron chi connectivity index (χ1n) is 9.56. The van der Waals surface area contributed by atoms with Crippen LogP contribution < -0.4 is 9.62 Å². The molecule has 0 bridgehead atoms. The molecule has 31 heavy (non-hydrogen) atoms. The van der Waals surface area contributed by atoms with Gasteiger partial charge in [0.15, 0.2) is 0 Å². The van der Waals surface area contributed by atoms with E-state index in [0.717, 1.165) is 34.1 Å². The highest BCUT2D eigenvalue weighted by atomic mass is 32.2. The van der Waals surface area contributed by atoms with Crippen LogP contribution in [0.4, 0.5) is 14.5 Å². The lowest BCUT2D eigenvalue weighted by molar-refractivity contribution is -0.120. The molecule has 0 fully saturated rings. The molecule has 0 aromatic heterocycles. The van der Waals surface area contributed by atoms with Gasteiger partial charge in [-0.3, -0.25) is 9.10 Å². The van der Waals surface area contributed by atoms with Crippen LogP contribution in [-0.4, -0.2) is 20.9 Å². The van der Waals surface area contributed by atoms with Gasteiger partial charge in [0.05, 0.1) is 16.6 Å². The van der Waals surface area contributed by atoms with Gasteiger partial charge in [-0.15, -0.1) is 0 Å². The smallest absolute Gasteiger partial charge is 0.264 e. The molecule has 3 aromatic rings. The van der Waals surface area contributed by atoms with Crippen LogP contribution >= 0.6 is 0 Å². The van der Waals surface area contributed by atoms with Gasteiger partial charge in [0.25, 0.3) is 10.0 Å². The molecule has 0 radical (unpaired) electrons. The summed E-state index contributed by atoms with van der Waals surface area (Å²) < 4.78 is 53.9. The van der Waals surface area contributed by atoms with Gasteiger partial charge in [-0.25, -0.2) is 17.2 Å². The highest BCUT2D eigenvalue weighted by Crippen LogP contribution is 2.24. The lowest BCUT2D eigenvalue weighted by atomic mass is 10.1. The molecule has 0 aliphatic heterocycles. The van der Waals surface area contributed by atoms with Crippen LogP contribution in [0.25, 0.3) is 0 Å². The SMILES string of the molecule is Cc1ccc(N(CC(=O)NC(C)c2ccc(F)cc2)S(=O)(=O)c2ccc(F)cc2)cc1. The van der Waals surface area contributed by atoms with Gasteiger partial charge in [-0.2, -0.15) is 0 Å². The minimum absolute atomic E-state index is 0.131. The standard InChI is InChI=1S/C23H22F2N2O3S/c1-16-3-11-21(12-4-16)27(31(29,30)22-13-9-20(25)10-14-22)15-23(28)26-17(2)18-5-7-19(24)8-6-18/h3-14,17H,15H2,1-2H3,(H,26,28). The Morgan fingerprint density at radius 1 is 0.903 bits per heavy atom. The Morgan fingerprint density at radius 3 is 1.97 bits per heavy atom. The fraction of sp³-hybridized carbons (Fsp3) is 0.174. The van der Waals surface area contributed by atoms with E-state index in [1.165, 1.54) is 12.1 Å². The molecular weight excluding hydrogens is 422 g/mol. The number of nitrogens with one attached hydrogen (secondary N) is 1. The molecule has 5 nitrogen and oxygen atoms in total. The van der Waals surface area contributed by atoms with Crippen LogP contribution in [0.2, 0.25) is 0 Å². The van der Waals surface area contributed by atoms with Crippen LogP contribution in [0.1, 0.15) is 24.1 Å². The number of halogens is 2. The number of carbonyl (C=O) groups excluding carboxylic acids is 1. The first-order valence-corrected chi connectivity index (χ1v) is 11.0. The Labute approximate surface area is 180 Å². The van der Waals surface area contributed by atoms with E-state index >= 15 is 0 Å². The fourth-order valence-electron chi connectivity index (χ4n) is 3.01. The zero-order valence-corrected chi connectivity index (χ0v) is 17.9. The average molecular weight is 445 g/mol. The summed E-state index contributed by atoms with van der Waals surface area (Å²) in [6, 6.07) is 16.3. The summed E-state index contributed by atoms with van der Waals surface area (Å²) in [6.07, 6.45) is 0. The molecule has 1 amide bonds. The number of benzene rings is 3. The number of amides is 1. The second-order valence-corrected chi connectivity index (χ2v) is 9.00. The van der Waals surface area contributed by atoms with E-state index in [-0.39, 0.29) is 4.90 Å². The van der Waals surface area contributed by atoms with Gasteiger partial charge in [0.1, 0.15) is 18.2 Å². The van der Waals surface area contributed by atoms with E-state index in [0.29, 0.717) is 11.3 Å². The number of sulfonamides is 1. The molecule has 0 aliphatic rings. The maximum atomic E-state index is 13.3. The number of hydrogen-bond acceptors (Lipinski definition) is 3. The topological polar surface area (TPSA) is 66.5 Å².